The van der Waals surface area contributed by atoms with E-state index in [0.29, 0.717) is 21.5 Å². The summed E-state index contributed by atoms with van der Waals surface area (Å²) in [5.74, 6) is -0.364. The van der Waals surface area contributed by atoms with E-state index in [1.54, 1.807) is 18.2 Å². The largest absolute Gasteiger partial charge is 0.454 e. The molecule has 1 aliphatic heterocycles. The molecule has 1 heterocycles. The van der Waals surface area contributed by atoms with Crippen LogP contribution in [0.1, 0.15) is 0 Å². The Kier molecular flexibility index (Phi) is 5.19. The van der Waals surface area contributed by atoms with Gasteiger partial charge in [0.1, 0.15) is 12.4 Å². The van der Waals surface area contributed by atoms with Crippen LogP contribution in [0.15, 0.2) is 42.5 Å². The van der Waals surface area contributed by atoms with Gasteiger partial charge in [0.05, 0.1) is 5.69 Å². The molecule has 0 spiro atoms. The van der Waals surface area contributed by atoms with Crippen LogP contribution in [0.5, 0.6) is 11.5 Å². The number of halogens is 1. The molecule has 2 aromatic rings. The van der Waals surface area contributed by atoms with Gasteiger partial charge in [-0.15, -0.1) is 0 Å². The Labute approximate surface area is 156 Å². The van der Waals surface area contributed by atoms with Crippen molar-refractivity contribution in [2.45, 2.75) is 0 Å². The molecule has 8 nitrogen and oxygen atoms in total. The number of anilines is 2. The second-order valence-corrected chi connectivity index (χ2v) is 7.93. The van der Waals surface area contributed by atoms with Crippen molar-refractivity contribution in [3.8, 4) is 11.5 Å². The number of fused-ring (bicyclic) bond motifs is 1. The summed E-state index contributed by atoms with van der Waals surface area (Å²) < 4.78 is 51.4. The standard InChI is InChI=1S/C17H18FN3O5S/c1-20(2)27(23,24)21(14-6-4-3-5-13(14)18)10-17(22)19-12-7-8-15-16(9-12)26-11-25-15/h3-9H,10-11H2,1-2H3,(H,19,22). The Morgan fingerprint density at radius 3 is 2.56 bits per heavy atom. The normalized spacial score (nSPS) is 12.9. The maximum atomic E-state index is 14.2. The van der Waals surface area contributed by atoms with Crippen LogP contribution in [-0.2, 0) is 15.0 Å². The van der Waals surface area contributed by atoms with Gasteiger partial charge in [-0.1, -0.05) is 12.1 Å². The van der Waals surface area contributed by atoms with Crippen LogP contribution < -0.4 is 19.1 Å². The van der Waals surface area contributed by atoms with Crippen molar-refractivity contribution in [2.75, 3.05) is 37.1 Å². The van der Waals surface area contributed by atoms with Crippen LogP contribution in [0, 0.1) is 5.82 Å². The van der Waals surface area contributed by atoms with Crippen molar-refractivity contribution in [3.05, 3.63) is 48.3 Å². The van der Waals surface area contributed by atoms with E-state index in [2.05, 4.69) is 5.32 Å². The zero-order valence-corrected chi connectivity index (χ0v) is 15.5. The third-order valence-electron chi connectivity index (χ3n) is 3.80. The Morgan fingerprint density at radius 1 is 1.15 bits per heavy atom. The third-order valence-corrected chi connectivity index (χ3v) is 5.61. The van der Waals surface area contributed by atoms with E-state index >= 15 is 0 Å². The summed E-state index contributed by atoms with van der Waals surface area (Å²) in [6.07, 6.45) is 0. The van der Waals surface area contributed by atoms with Crippen LogP contribution in [0.3, 0.4) is 0 Å². The van der Waals surface area contributed by atoms with Gasteiger partial charge in [0.25, 0.3) is 0 Å². The van der Waals surface area contributed by atoms with E-state index in [9.17, 15) is 17.6 Å². The first kappa shape index (κ1) is 18.9. The fourth-order valence-electron chi connectivity index (χ4n) is 2.45. The van der Waals surface area contributed by atoms with Gasteiger partial charge in [-0.25, -0.2) is 8.70 Å². The molecule has 10 heteroatoms. The van der Waals surface area contributed by atoms with Crippen molar-refractivity contribution in [3.63, 3.8) is 0 Å². The average Bonchev–Trinajstić information content (AvgIpc) is 3.08. The molecule has 0 unspecified atom stereocenters. The maximum Gasteiger partial charge on any atom is 0.304 e. The van der Waals surface area contributed by atoms with Crippen molar-refractivity contribution in [1.29, 1.82) is 0 Å². The van der Waals surface area contributed by atoms with Gasteiger partial charge in [0.2, 0.25) is 12.7 Å². The number of nitrogens with one attached hydrogen (secondary N) is 1. The van der Waals surface area contributed by atoms with Gasteiger partial charge in [0, 0.05) is 25.8 Å². The predicted octanol–water partition coefficient (Wildman–Crippen LogP) is 1.81. The molecule has 1 amide bonds. The number of amides is 1. The van der Waals surface area contributed by atoms with E-state index in [1.165, 1.54) is 32.3 Å². The second-order valence-electron chi connectivity index (χ2n) is 5.86. The summed E-state index contributed by atoms with van der Waals surface area (Å²) in [6.45, 7) is -0.509. The Hall–Kier alpha value is -2.85. The molecule has 1 N–H and O–H groups in total. The lowest BCUT2D eigenvalue weighted by Crippen LogP contribution is -2.44. The lowest BCUT2D eigenvalue weighted by Gasteiger charge is -2.27. The van der Waals surface area contributed by atoms with Crippen LogP contribution >= 0.6 is 0 Å². The molecule has 0 aromatic heterocycles. The number of benzene rings is 2. The molecule has 2 aromatic carbocycles. The number of nitrogens with zero attached hydrogens (tertiary/aromatic N) is 2. The second kappa shape index (κ2) is 7.41. The third kappa shape index (κ3) is 3.96. The van der Waals surface area contributed by atoms with Crippen molar-refractivity contribution < 1.29 is 27.1 Å². The number of rotatable bonds is 6. The molecule has 0 atom stereocenters. The zero-order valence-electron chi connectivity index (χ0n) is 14.7. The molecular formula is C17H18FN3O5S. The van der Waals surface area contributed by atoms with E-state index in [-0.39, 0.29) is 12.5 Å². The lowest BCUT2D eigenvalue weighted by molar-refractivity contribution is -0.114. The molecular weight excluding hydrogens is 377 g/mol. The zero-order chi connectivity index (χ0) is 19.6. The minimum Gasteiger partial charge on any atom is -0.454 e. The molecule has 0 fully saturated rings. The summed E-state index contributed by atoms with van der Waals surface area (Å²) in [6, 6.07) is 10.1. The summed E-state index contributed by atoms with van der Waals surface area (Å²) in [4.78, 5) is 12.4. The van der Waals surface area contributed by atoms with Crippen LogP contribution in [0.2, 0.25) is 0 Å². The summed E-state index contributed by atoms with van der Waals surface area (Å²) in [5, 5.41) is 2.58. The van der Waals surface area contributed by atoms with Gasteiger partial charge in [0.15, 0.2) is 11.5 Å². The van der Waals surface area contributed by atoms with Crippen molar-refractivity contribution >= 4 is 27.5 Å². The van der Waals surface area contributed by atoms with Gasteiger partial charge in [-0.2, -0.15) is 12.7 Å². The minimum absolute atomic E-state index is 0.0921. The number of hydrogen-bond acceptors (Lipinski definition) is 5. The molecule has 0 saturated heterocycles. The Morgan fingerprint density at radius 2 is 1.85 bits per heavy atom. The lowest BCUT2D eigenvalue weighted by atomic mass is 10.2. The summed E-state index contributed by atoms with van der Waals surface area (Å²) >= 11 is 0. The number of ether oxygens (including phenoxy) is 2. The number of hydrogen-bond donors (Lipinski definition) is 1. The van der Waals surface area contributed by atoms with Gasteiger partial charge in [-0.05, 0) is 24.3 Å². The molecule has 27 heavy (non-hydrogen) atoms. The first-order chi connectivity index (χ1) is 12.8. The smallest absolute Gasteiger partial charge is 0.304 e. The molecule has 0 aliphatic carbocycles. The Bertz CT molecular complexity index is 965. The molecule has 0 bridgehead atoms. The fraction of sp³-hybridized carbons (Fsp3) is 0.235. The highest BCUT2D eigenvalue weighted by Crippen LogP contribution is 2.34. The molecule has 144 valence electrons. The maximum absolute atomic E-state index is 14.2. The first-order valence-corrected chi connectivity index (χ1v) is 9.33. The fourth-order valence-corrected chi connectivity index (χ4v) is 3.52. The van der Waals surface area contributed by atoms with Crippen LogP contribution in [0.4, 0.5) is 15.8 Å². The van der Waals surface area contributed by atoms with Crippen LogP contribution in [-0.4, -0.2) is 46.1 Å². The van der Waals surface area contributed by atoms with E-state index in [1.807, 2.05) is 0 Å². The highest BCUT2D eigenvalue weighted by atomic mass is 32.2. The van der Waals surface area contributed by atoms with Gasteiger partial charge < -0.3 is 14.8 Å². The van der Waals surface area contributed by atoms with Crippen molar-refractivity contribution in [1.82, 2.24) is 4.31 Å². The number of carbonyl (C=O) groups is 1. The molecule has 1 aliphatic rings. The monoisotopic (exact) mass is 395 g/mol. The average molecular weight is 395 g/mol. The van der Waals surface area contributed by atoms with Gasteiger partial charge in [-0.3, -0.25) is 4.79 Å². The molecule has 0 radical (unpaired) electrons. The van der Waals surface area contributed by atoms with E-state index in [4.69, 9.17) is 9.47 Å². The van der Waals surface area contributed by atoms with E-state index < -0.39 is 28.5 Å². The SMILES string of the molecule is CN(C)S(=O)(=O)N(CC(=O)Nc1ccc2c(c1)OCO2)c1ccccc1F. The van der Waals surface area contributed by atoms with Crippen LogP contribution in [0.25, 0.3) is 0 Å². The first-order valence-electron chi connectivity index (χ1n) is 7.93. The highest BCUT2D eigenvalue weighted by Gasteiger charge is 2.29. The van der Waals surface area contributed by atoms with Gasteiger partial charge >= 0.3 is 10.2 Å². The number of carbonyl (C=O) groups excluding carboxylic acids is 1. The topological polar surface area (TPSA) is 88.2 Å². The highest BCUT2D eigenvalue weighted by molar-refractivity contribution is 7.90. The summed E-state index contributed by atoms with van der Waals surface area (Å²) in [7, 11) is -1.48. The van der Waals surface area contributed by atoms with Crippen molar-refractivity contribution in [2.24, 2.45) is 0 Å². The Balaban J connectivity index is 1.84. The summed E-state index contributed by atoms with van der Waals surface area (Å²) in [5.41, 5.74) is 0.187. The quantitative estimate of drug-likeness (QED) is 0.806. The predicted molar refractivity (Wildman–Crippen MR) is 97.5 cm³/mol. The van der Waals surface area contributed by atoms with E-state index in [0.717, 1.165) is 10.4 Å². The number of para-hydroxylation sites is 1. The minimum atomic E-state index is -4.09. The molecule has 0 saturated carbocycles. The molecule has 3 rings (SSSR count).